The number of benzene rings is 1. The number of carbonyl (C=O) groups excluding carboxylic acids is 2. The van der Waals surface area contributed by atoms with Crippen molar-refractivity contribution in [1.82, 2.24) is 14.9 Å². The summed E-state index contributed by atoms with van der Waals surface area (Å²) in [6.07, 6.45) is 2.37. The maximum Gasteiger partial charge on any atom is 0.410 e. The highest BCUT2D eigenvalue weighted by atomic mass is 32.1. The first-order chi connectivity index (χ1) is 17.5. The number of aromatic nitrogens is 2. The Morgan fingerprint density at radius 3 is 2.51 bits per heavy atom. The molecule has 0 saturated carbocycles. The first kappa shape index (κ1) is 25.3. The van der Waals surface area contributed by atoms with Crippen molar-refractivity contribution >= 4 is 40.5 Å². The number of esters is 1. The Morgan fingerprint density at radius 2 is 1.89 bits per heavy atom. The van der Waals surface area contributed by atoms with Gasteiger partial charge in [-0.2, -0.15) is 4.98 Å². The zero-order valence-electron chi connectivity index (χ0n) is 21.9. The number of anilines is 1. The Balaban J connectivity index is 1.45. The zero-order chi connectivity index (χ0) is 26.5. The molecule has 2 atom stereocenters. The second kappa shape index (κ2) is 9.20. The number of hydrogen-bond acceptors (Lipinski definition) is 10. The molecule has 3 aliphatic rings. The van der Waals surface area contributed by atoms with Crippen LogP contribution in [-0.4, -0.2) is 69.9 Å². The van der Waals surface area contributed by atoms with Gasteiger partial charge in [-0.1, -0.05) is 0 Å². The molecule has 3 fully saturated rings. The first-order valence-electron chi connectivity index (χ1n) is 12.4. The topological polar surface area (TPSA) is 107 Å². The van der Waals surface area contributed by atoms with E-state index in [1.807, 2.05) is 42.0 Å². The van der Waals surface area contributed by atoms with Crippen molar-refractivity contribution in [1.29, 1.82) is 0 Å². The Morgan fingerprint density at radius 1 is 1.16 bits per heavy atom. The summed E-state index contributed by atoms with van der Waals surface area (Å²) in [7, 11) is 0. The Labute approximate surface area is 219 Å². The van der Waals surface area contributed by atoms with Gasteiger partial charge in [0, 0.05) is 24.7 Å². The summed E-state index contributed by atoms with van der Waals surface area (Å²) >= 11 is 1.50. The highest BCUT2D eigenvalue weighted by Crippen LogP contribution is 2.41. The van der Waals surface area contributed by atoms with Crippen molar-refractivity contribution in [3.05, 3.63) is 23.7 Å². The smallest absolute Gasteiger partial charge is 0.410 e. The molecule has 10 nitrogen and oxygen atoms in total. The van der Waals surface area contributed by atoms with E-state index in [1.165, 1.54) is 11.3 Å². The Bertz CT molecular complexity index is 1300. The molecule has 3 saturated heterocycles. The number of thiazole rings is 1. The number of carbonyl (C=O) groups is 2. The van der Waals surface area contributed by atoms with Gasteiger partial charge in [-0.25, -0.2) is 14.6 Å². The van der Waals surface area contributed by atoms with Crippen LogP contribution in [0.5, 0.6) is 5.75 Å². The maximum atomic E-state index is 12.7. The van der Waals surface area contributed by atoms with Gasteiger partial charge in [-0.05, 0) is 60.1 Å². The minimum atomic E-state index is -1.22. The van der Waals surface area contributed by atoms with Gasteiger partial charge in [-0.15, -0.1) is 11.3 Å². The van der Waals surface area contributed by atoms with Gasteiger partial charge >= 0.3 is 12.1 Å². The lowest BCUT2D eigenvalue weighted by Crippen LogP contribution is -2.70. The molecule has 11 heteroatoms. The summed E-state index contributed by atoms with van der Waals surface area (Å²) in [6, 6.07) is 4.15. The molecule has 0 radical (unpaired) electrons. The van der Waals surface area contributed by atoms with Crippen molar-refractivity contribution in [3.63, 3.8) is 0 Å². The van der Waals surface area contributed by atoms with Crippen LogP contribution in [-0.2, 0) is 14.3 Å². The molecule has 5 heterocycles. The summed E-state index contributed by atoms with van der Waals surface area (Å²) in [4.78, 5) is 38.3. The average molecular weight is 529 g/mol. The molecule has 1 amide bonds. The molecule has 2 bridgehead atoms. The molecule has 1 aromatic carbocycles. The number of oxazole rings is 1. The van der Waals surface area contributed by atoms with E-state index < -0.39 is 17.2 Å². The van der Waals surface area contributed by atoms with Crippen LogP contribution in [0.25, 0.3) is 21.7 Å². The maximum absolute atomic E-state index is 12.7. The summed E-state index contributed by atoms with van der Waals surface area (Å²) in [5.74, 6) is -0.0462. The van der Waals surface area contributed by atoms with Gasteiger partial charge in [0.15, 0.2) is 22.5 Å². The number of fused-ring (bicyclic) bond motifs is 3. The van der Waals surface area contributed by atoms with E-state index in [1.54, 1.807) is 33.0 Å². The lowest BCUT2D eigenvalue weighted by molar-refractivity contribution is -0.158. The molecule has 2 unspecified atom stereocenters. The number of nitrogens with zero attached hydrogens (tertiary/aromatic N) is 4. The number of amides is 1. The molecule has 0 N–H and O–H groups in total. The Kier molecular flexibility index (Phi) is 6.29. The van der Waals surface area contributed by atoms with Crippen molar-refractivity contribution < 1.29 is 28.2 Å². The lowest BCUT2D eigenvalue weighted by atomic mass is 9.88. The molecule has 3 aliphatic heterocycles. The van der Waals surface area contributed by atoms with Gasteiger partial charge < -0.3 is 23.5 Å². The van der Waals surface area contributed by atoms with Crippen LogP contribution in [0, 0.1) is 0 Å². The molecular formula is C26H32N4O6S. The fourth-order valence-electron chi connectivity index (χ4n) is 4.71. The summed E-state index contributed by atoms with van der Waals surface area (Å²) in [6.45, 7) is 12.1. The van der Waals surface area contributed by atoms with Crippen LogP contribution in [0.1, 0.15) is 48.0 Å². The van der Waals surface area contributed by atoms with Crippen LogP contribution in [0.4, 0.5) is 10.8 Å². The predicted octanol–water partition coefficient (Wildman–Crippen LogP) is 4.87. The third-order valence-corrected chi connectivity index (χ3v) is 7.16. The standard InChI is InChI=1S/C26H32N4O6S/c1-7-33-22(31)26(5,6)35-18-9-8-17(21-27-10-11-37-21)20-19(18)28-23(34-20)29-13-15-12-16(14-29)30(15)24(32)36-25(2,3)4/h8-11,15-16H,7,12-14H2,1-6H3. The molecular weight excluding hydrogens is 496 g/mol. The van der Waals surface area contributed by atoms with Crippen LogP contribution in [0.3, 0.4) is 0 Å². The van der Waals surface area contributed by atoms with Gasteiger partial charge in [-0.3, -0.25) is 4.90 Å². The molecule has 0 aliphatic carbocycles. The minimum absolute atomic E-state index is 0.0283. The number of piperidine rings is 1. The minimum Gasteiger partial charge on any atom is -0.474 e. The highest BCUT2D eigenvalue weighted by Gasteiger charge is 2.49. The molecule has 198 valence electrons. The van der Waals surface area contributed by atoms with Crippen molar-refractivity contribution in [3.8, 4) is 16.3 Å². The summed E-state index contributed by atoms with van der Waals surface area (Å²) in [5.41, 5.74) is 0.0723. The number of piperazine rings is 1. The molecule has 6 rings (SSSR count). The van der Waals surface area contributed by atoms with E-state index in [9.17, 15) is 9.59 Å². The first-order valence-corrected chi connectivity index (χ1v) is 13.3. The van der Waals surface area contributed by atoms with E-state index in [4.69, 9.17) is 23.6 Å². The third kappa shape index (κ3) is 4.84. The molecule has 2 aromatic heterocycles. The second-order valence-corrected chi connectivity index (χ2v) is 11.7. The van der Waals surface area contributed by atoms with Crippen molar-refractivity contribution in [2.75, 3.05) is 24.6 Å². The third-order valence-electron chi connectivity index (χ3n) is 6.36. The fraction of sp³-hybridized carbons (Fsp3) is 0.538. The van der Waals surface area contributed by atoms with E-state index in [-0.39, 0.29) is 24.8 Å². The zero-order valence-corrected chi connectivity index (χ0v) is 22.8. The van der Waals surface area contributed by atoms with Gasteiger partial charge in [0.25, 0.3) is 6.01 Å². The van der Waals surface area contributed by atoms with Gasteiger partial charge in [0.2, 0.25) is 0 Å². The van der Waals surface area contributed by atoms with E-state index >= 15 is 0 Å². The predicted molar refractivity (Wildman–Crippen MR) is 139 cm³/mol. The van der Waals surface area contributed by atoms with E-state index in [0.717, 1.165) is 17.0 Å². The molecule has 0 spiro atoms. The SMILES string of the molecule is CCOC(=O)C(C)(C)Oc1ccc(-c2nccs2)c2oc(N3CC4CC(C3)N4C(=O)OC(C)(C)C)nc12. The Hall–Kier alpha value is -3.34. The fourth-order valence-corrected chi connectivity index (χ4v) is 5.37. The number of rotatable bonds is 6. The second-order valence-electron chi connectivity index (χ2n) is 10.8. The molecule has 37 heavy (non-hydrogen) atoms. The average Bonchev–Trinajstić information content (AvgIpc) is 3.49. The monoisotopic (exact) mass is 528 g/mol. The number of hydrogen-bond donors (Lipinski definition) is 0. The van der Waals surface area contributed by atoms with Crippen LogP contribution < -0.4 is 9.64 Å². The van der Waals surface area contributed by atoms with E-state index in [2.05, 4.69) is 4.98 Å². The highest BCUT2D eigenvalue weighted by molar-refractivity contribution is 7.13. The van der Waals surface area contributed by atoms with Crippen molar-refractivity contribution in [2.45, 2.75) is 71.2 Å². The lowest BCUT2D eigenvalue weighted by Gasteiger charge is -2.55. The van der Waals surface area contributed by atoms with Crippen LogP contribution in [0.15, 0.2) is 28.1 Å². The van der Waals surface area contributed by atoms with Gasteiger partial charge in [0.05, 0.1) is 24.3 Å². The van der Waals surface area contributed by atoms with E-state index in [0.29, 0.717) is 36.0 Å². The largest absolute Gasteiger partial charge is 0.474 e. The van der Waals surface area contributed by atoms with Crippen LogP contribution in [0.2, 0.25) is 0 Å². The summed E-state index contributed by atoms with van der Waals surface area (Å²) in [5, 5.41) is 2.69. The molecule has 3 aromatic rings. The number of ether oxygens (including phenoxy) is 3. The van der Waals surface area contributed by atoms with Gasteiger partial charge in [0.1, 0.15) is 10.6 Å². The normalized spacial score (nSPS) is 19.5. The summed E-state index contributed by atoms with van der Waals surface area (Å²) < 4.78 is 23.2. The van der Waals surface area contributed by atoms with Crippen molar-refractivity contribution in [2.24, 2.45) is 0 Å². The quantitative estimate of drug-likeness (QED) is 0.414. The van der Waals surface area contributed by atoms with Crippen LogP contribution >= 0.6 is 11.3 Å².